The second-order valence-electron chi connectivity index (χ2n) is 4.58. The van der Waals surface area contributed by atoms with Crippen molar-refractivity contribution < 1.29 is 13.9 Å². The number of likely N-dealkylation sites (tertiary alicyclic amines) is 1. The molecule has 0 unspecified atom stereocenters. The van der Waals surface area contributed by atoms with Crippen LogP contribution in [0.2, 0.25) is 5.02 Å². The summed E-state index contributed by atoms with van der Waals surface area (Å²) in [5.41, 5.74) is 5.77. The van der Waals surface area contributed by atoms with Crippen molar-refractivity contribution in [1.82, 2.24) is 4.90 Å². The average molecular weight is 287 g/mol. The number of nitrogens with two attached hydrogens (primary N) is 1. The van der Waals surface area contributed by atoms with Crippen molar-refractivity contribution in [2.45, 2.75) is 18.9 Å². The number of rotatable bonds is 3. The van der Waals surface area contributed by atoms with Gasteiger partial charge in [0.25, 0.3) is 5.91 Å². The van der Waals surface area contributed by atoms with Crippen LogP contribution in [-0.2, 0) is 4.79 Å². The molecule has 1 fully saturated rings. The molecule has 1 aliphatic heterocycles. The monoisotopic (exact) mass is 286 g/mol. The Morgan fingerprint density at radius 3 is 2.79 bits per heavy atom. The van der Waals surface area contributed by atoms with E-state index in [-0.39, 0.29) is 23.6 Å². The molecule has 2 rings (SSSR count). The van der Waals surface area contributed by atoms with E-state index in [4.69, 9.17) is 22.1 Å². The van der Waals surface area contributed by atoms with Gasteiger partial charge in [0.1, 0.15) is 11.6 Å². The molecule has 0 spiro atoms. The number of hydrogen-bond acceptors (Lipinski definition) is 3. The van der Waals surface area contributed by atoms with Gasteiger partial charge in [-0.1, -0.05) is 11.6 Å². The molecule has 0 radical (unpaired) electrons. The summed E-state index contributed by atoms with van der Waals surface area (Å²) in [4.78, 5) is 13.6. The third kappa shape index (κ3) is 3.81. The van der Waals surface area contributed by atoms with Gasteiger partial charge in [0, 0.05) is 25.2 Å². The maximum absolute atomic E-state index is 13.0. The van der Waals surface area contributed by atoms with Crippen LogP contribution < -0.4 is 10.5 Å². The molecule has 0 aliphatic carbocycles. The van der Waals surface area contributed by atoms with Gasteiger partial charge in [-0.05, 0) is 25.0 Å². The summed E-state index contributed by atoms with van der Waals surface area (Å²) in [6, 6.07) is 4.19. The Balaban J connectivity index is 1.84. The van der Waals surface area contributed by atoms with Crippen molar-refractivity contribution in [1.29, 1.82) is 0 Å². The van der Waals surface area contributed by atoms with Crippen LogP contribution in [0.15, 0.2) is 18.2 Å². The van der Waals surface area contributed by atoms with Crippen molar-refractivity contribution in [3.05, 3.63) is 29.0 Å². The first kappa shape index (κ1) is 14.1. The molecule has 0 atom stereocenters. The zero-order valence-electron chi connectivity index (χ0n) is 10.4. The average Bonchev–Trinajstić information content (AvgIpc) is 2.40. The second-order valence-corrected chi connectivity index (χ2v) is 4.99. The fourth-order valence-electron chi connectivity index (χ4n) is 1.95. The van der Waals surface area contributed by atoms with Crippen LogP contribution >= 0.6 is 11.6 Å². The summed E-state index contributed by atoms with van der Waals surface area (Å²) in [5, 5.41) is -0.0195. The maximum Gasteiger partial charge on any atom is 0.260 e. The molecule has 1 aromatic carbocycles. The number of piperidine rings is 1. The van der Waals surface area contributed by atoms with Crippen LogP contribution in [0.25, 0.3) is 0 Å². The number of carbonyl (C=O) groups is 1. The molecule has 104 valence electrons. The fourth-order valence-corrected chi connectivity index (χ4v) is 2.12. The van der Waals surface area contributed by atoms with E-state index in [1.165, 1.54) is 18.2 Å². The lowest BCUT2D eigenvalue weighted by molar-refractivity contribution is -0.134. The van der Waals surface area contributed by atoms with Crippen LogP contribution in [0.3, 0.4) is 0 Å². The molecule has 2 N–H and O–H groups in total. The van der Waals surface area contributed by atoms with Crippen LogP contribution in [0.1, 0.15) is 12.8 Å². The molecule has 1 aliphatic rings. The van der Waals surface area contributed by atoms with Crippen molar-refractivity contribution in [2.24, 2.45) is 5.73 Å². The minimum Gasteiger partial charge on any atom is -0.484 e. The Hall–Kier alpha value is -1.33. The third-order valence-electron chi connectivity index (χ3n) is 3.15. The minimum atomic E-state index is -0.509. The number of ether oxygens (including phenoxy) is 1. The number of halogens is 2. The largest absolute Gasteiger partial charge is 0.484 e. The van der Waals surface area contributed by atoms with E-state index < -0.39 is 5.82 Å². The van der Waals surface area contributed by atoms with E-state index in [1.807, 2.05) is 0 Å². The van der Waals surface area contributed by atoms with E-state index in [0.29, 0.717) is 18.8 Å². The van der Waals surface area contributed by atoms with Crippen molar-refractivity contribution >= 4 is 17.5 Å². The SMILES string of the molecule is NC1CCN(C(=O)COc2ccc(F)c(Cl)c2)CC1. The zero-order valence-corrected chi connectivity index (χ0v) is 11.2. The van der Waals surface area contributed by atoms with Crippen LogP contribution in [0.5, 0.6) is 5.75 Å². The van der Waals surface area contributed by atoms with Crippen molar-refractivity contribution in [3.63, 3.8) is 0 Å². The Bertz CT molecular complexity index is 462. The van der Waals surface area contributed by atoms with E-state index in [0.717, 1.165) is 12.8 Å². The van der Waals surface area contributed by atoms with Gasteiger partial charge < -0.3 is 15.4 Å². The third-order valence-corrected chi connectivity index (χ3v) is 3.44. The van der Waals surface area contributed by atoms with Crippen molar-refractivity contribution in [3.8, 4) is 5.75 Å². The predicted octanol–water partition coefficient (Wildman–Crippen LogP) is 1.81. The first-order valence-electron chi connectivity index (χ1n) is 6.17. The van der Waals surface area contributed by atoms with Crippen molar-refractivity contribution in [2.75, 3.05) is 19.7 Å². The highest BCUT2D eigenvalue weighted by Gasteiger charge is 2.20. The quantitative estimate of drug-likeness (QED) is 0.922. The van der Waals surface area contributed by atoms with Crippen LogP contribution in [0.4, 0.5) is 4.39 Å². The smallest absolute Gasteiger partial charge is 0.260 e. The molecule has 1 amide bonds. The first-order chi connectivity index (χ1) is 9.06. The van der Waals surface area contributed by atoms with Crippen LogP contribution in [0, 0.1) is 5.82 Å². The van der Waals surface area contributed by atoms with Gasteiger partial charge in [-0.3, -0.25) is 4.79 Å². The molecule has 1 saturated heterocycles. The Morgan fingerprint density at radius 2 is 2.16 bits per heavy atom. The number of benzene rings is 1. The highest BCUT2D eigenvalue weighted by Crippen LogP contribution is 2.21. The molecule has 19 heavy (non-hydrogen) atoms. The summed E-state index contributed by atoms with van der Waals surface area (Å²) in [6.45, 7) is 1.25. The lowest BCUT2D eigenvalue weighted by Gasteiger charge is -2.30. The van der Waals surface area contributed by atoms with E-state index in [9.17, 15) is 9.18 Å². The summed E-state index contributed by atoms with van der Waals surface area (Å²) < 4.78 is 18.3. The van der Waals surface area contributed by atoms with E-state index in [1.54, 1.807) is 4.90 Å². The lowest BCUT2D eigenvalue weighted by atomic mass is 10.1. The number of hydrogen-bond donors (Lipinski definition) is 1. The molecule has 6 heteroatoms. The predicted molar refractivity (Wildman–Crippen MR) is 70.7 cm³/mol. The normalized spacial score (nSPS) is 16.5. The fraction of sp³-hybridized carbons (Fsp3) is 0.462. The van der Waals surface area contributed by atoms with Gasteiger partial charge in [0.2, 0.25) is 0 Å². The second kappa shape index (κ2) is 6.21. The van der Waals surface area contributed by atoms with Gasteiger partial charge in [-0.15, -0.1) is 0 Å². The molecule has 4 nitrogen and oxygen atoms in total. The number of nitrogens with zero attached hydrogens (tertiary/aromatic N) is 1. The first-order valence-corrected chi connectivity index (χ1v) is 6.55. The summed E-state index contributed by atoms with van der Waals surface area (Å²) >= 11 is 5.63. The van der Waals surface area contributed by atoms with Gasteiger partial charge in [0.05, 0.1) is 5.02 Å². The number of carbonyl (C=O) groups excluding carboxylic acids is 1. The molecule has 0 bridgehead atoms. The Morgan fingerprint density at radius 1 is 1.47 bits per heavy atom. The lowest BCUT2D eigenvalue weighted by Crippen LogP contribution is -2.44. The minimum absolute atomic E-state index is 0.0195. The van der Waals surface area contributed by atoms with Gasteiger partial charge in [0.15, 0.2) is 6.61 Å². The summed E-state index contributed by atoms with van der Waals surface area (Å²) in [5.74, 6) is -0.217. The van der Waals surface area contributed by atoms with Gasteiger partial charge in [-0.25, -0.2) is 4.39 Å². The van der Waals surface area contributed by atoms with Gasteiger partial charge in [-0.2, -0.15) is 0 Å². The Kier molecular flexibility index (Phi) is 4.61. The molecular formula is C13H16ClFN2O2. The molecule has 1 heterocycles. The van der Waals surface area contributed by atoms with E-state index >= 15 is 0 Å². The summed E-state index contributed by atoms with van der Waals surface area (Å²) in [7, 11) is 0. The topological polar surface area (TPSA) is 55.6 Å². The van der Waals surface area contributed by atoms with E-state index in [2.05, 4.69) is 0 Å². The number of amides is 1. The van der Waals surface area contributed by atoms with Crippen LogP contribution in [-0.4, -0.2) is 36.5 Å². The Labute approximate surface area is 116 Å². The highest BCUT2D eigenvalue weighted by molar-refractivity contribution is 6.30. The molecule has 1 aromatic rings. The standard InChI is InChI=1S/C13H16ClFN2O2/c14-11-7-10(1-2-12(11)15)19-8-13(18)17-5-3-9(16)4-6-17/h1-2,7,9H,3-6,8,16H2. The maximum atomic E-state index is 13.0. The highest BCUT2D eigenvalue weighted by atomic mass is 35.5. The molecule has 0 aromatic heterocycles. The zero-order chi connectivity index (χ0) is 13.8. The summed E-state index contributed by atoms with van der Waals surface area (Å²) in [6.07, 6.45) is 1.63. The molecule has 0 saturated carbocycles. The van der Waals surface area contributed by atoms with Gasteiger partial charge >= 0.3 is 0 Å². The molecular weight excluding hydrogens is 271 g/mol.